The number of benzene rings is 2. The monoisotopic (exact) mass is 423 g/mol. The Bertz CT molecular complexity index is 1030. The number of nitrogen functional groups attached to an aromatic ring is 1. The fourth-order valence-electron chi connectivity index (χ4n) is 3.10. The predicted octanol–water partition coefficient (Wildman–Crippen LogP) is 3.30. The van der Waals surface area contributed by atoms with Crippen molar-refractivity contribution >= 4 is 17.7 Å². The molecule has 1 aliphatic rings. The molecule has 0 aliphatic heterocycles. The van der Waals surface area contributed by atoms with Crippen LogP contribution in [0.15, 0.2) is 53.7 Å². The molecule has 1 amide bonds. The first-order valence-electron chi connectivity index (χ1n) is 9.92. The summed E-state index contributed by atoms with van der Waals surface area (Å²) in [6, 6.07) is 15.9. The van der Waals surface area contributed by atoms with Crippen LogP contribution >= 0.6 is 11.8 Å². The van der Waals surface area contributed by atoms with Gasteiger partial charge in [0, 0.05) is 6.04 Å². The lowest BCUT2D eigenvalue weighted by molar-refractivity contribution is -0.120. The lowest BCUT2D eigenvalue weighted by Gasteiger charge is -2.16. The van der Waals surface area contributed by atoms with Crippen molar-refractivity contribution in [2.24, 2.45) is 0 Å². The average Bonchev–Trinajstić information content (AvgIpc) is 3.48. The van der Waals surface area contributed by atoms with E-state index in [0.29, 0.717) is 11.0 Å². The summed E-state index contributed by atoms with van der Waals surface area (Å²) in [6.45, 7) is 4.23. The number of aromatic nitrogens is 3. The molecule has 3 N–H and O–H groups in total. The maximum Gasteiger partial charge on any atom is 0.238 e. The van der Waals surface area contributed by atoms with E-state index in [1.54, 1.807) is 0 Å². The zero-order valence-corrected chi connectivity index (χ0v) is 17.9. The highest BCUT2D eigenvalue weighted by molar-refractivity contribution is 8.00. The van der Waals surface area contributed by atoms with Crippen LogP contribution in [0.4, 0.5) is 0 Å². The van der Waals surface area contributed by atoms with Gasteiger partial charge in [0.25, 0.3) is 0 Å². The molecule has 1 aromatic heterocycles. The van der Waals surface area contributed by atoms with E-state index < -0.39 is 5.25 Å². The van der Waals surface area contributed by atoms with Crippen molar-refractivity contribution in [3.05, 3.63) is 71.0 Å². The van der Waals surface area contributed by atoms with Gasteiger partial charge in [-0.05, 0) is 43.9 Å². The minimum absolute atomic E-state index is 0.0372. The Morgan fingerprint density at radius 3 is 2.70 bits per heavy atom. The first-order chi connectivity index (χ1) is 14.5. The molecule has 0 unspecified atom stereocenters. The van der Waals surface area contributed by atoms with E-state index in [9.17, 15) is 4.79 Å². The zero-order valence-electron chi connectivity index (χ0n) is 17.0. The molecule has 7 nitrogen and oxygen atoms in total. The van der Waals surface area contributed by atoms with Gasteiger partial charge in [0.1, 0.15) is 17.6 Å². The van der Waals surface area contributed by atoms with Gasteiger partial charge < -0.3 is 15.9 Å². The van der Waals surface area contributed by atoms with Crippen LogP contribution in [0.5, 0.6) is 5.75 Å². The van der Waals surface area contributed by atoms with E-state index in [0.717, 1.165) is 29.7 Å². The number of nitrogens with one attached hydrogen (secondary N) is 1. The highest BCUT2D eigenvalue weighted by Crippen LogP contribution is 2.35. The largest absolute Gasteiger partial charge is 0.485 e. The van der Waals surface area contributed by atoms with Gasteiger partial charge in [-0.3, -0.25) is 4.79 Å². The highest BCUT2D eigenvalue weighted by atomic mass is 32.2. The van der Waals surface area contributed by atoms with Gasteiger partial charge in [-0.25, -0.2) is 4.68 Å². The third-order valence-electron chi connectivity index (χ3n) is 4.91. The Kier molecular flexibility index (Phi) is 5.94. The van der Waals surface area contributed by atoms with Crippen LogP contribution in [0.3, 0.4) is 0 Å². The van der Waals surface area contributed by atoms with Gasteiger partial charge in [-0.2, -0.15) is 0 Å². The molecule has 0 saturated heterocycles. The van der Waals surface area contributed by atoms with Gasteiger partial charge in [-0.15, -0.1) is 10.2 Å². The molecule has 1 heterocycles. The molecule has 3 aromatic rings. The number of nitrogens with zero attached hydrogens (tertiary/aromatic N) is 3. The van der Waals surface area contributed by atoms with Crippen LogP contribution in [0.25, 0.3) is 0 Å². The van der Waals surface area contributed by atoms with Crippen molar-refractivity contribution in [2.75, 3.05) is 5.84 Å². The van der Waals surface area contributed by atoms with E-state index in [2.05, 4.69) is 21.6 Å². The molecule has 0 radical (unpaired) electrons. The Morgan fingerprint density at radius 1 is 1.23 bits per heavy atom. The van der Waals surface area contributed by atoms with Crippen LogP contribution in [0, 0.1) is 13.8 Å². The molecule has 1 fully saturated rings. The van der Waals surface area contributed by atoms with E-state index in [-0.39, 0.29) is 18.6 Å². The van der Waals surface area contributed by atoms with E-state index >= 15 is 0 Å². The summed E-state index contributed by atoms with van der Waals surface area (Å²) in [5, 5.41) is 11.5. The molecule has 156 valence electrons. The van der Waals surface area contributed by atoms with E-state index in [1.807, 2.05) is 56.3 Å². The third kappa shape index (κ3) is 4.76. The maximum absolute atomic E-state index is 12.8. The molecule has 30 heavy (non-hydrogen) atoms. The number of rotatable bonds is 8. The SMILES string of the molecule is Cc1ccc(OCc2nnc(S[C@@H](C(=O)NC3CC3)c3ccccc3)n2N)c(C)c1. The van der Waals surface area contributed by atoms with Crippen molar-refractivity contribution in [3.63, 3.8) is 0 Å². The predicted molar refractivity (Wildman–Crippen MR) is 117 cm³/mol. The summed E-state index contributed by atoms with van der Waals surface area (Å²) < 4.78 is 7.28. The number of carbonyl (C=O) groups is 1. The second kappa shape index (κ2) is 8.79. The van der Waals surface area contributed by atoms with Crippen LogP contribution in [0.1, 0.15) is 40.6 Å². The number of hydrogen-bond acceptors (Lipinski definition) is 6. The van der Waals surface area contributed by atoms with Gasteiger partial charge in [0.2, 0.25) is 11.1 Å². The number of ether oxygens (including phenoxy) is 1. The van der Waals surface area contributed by atoms with Gasteiger partial charge in [0.15, 0.2) is 5.82 Å². The number of amides is 1. The number of aryl methyl sites for hydroxylation is 2. The maximum atomic E-state index is 12.8. The second-order valence-electron chi connectivity index (χ2n) is 7.52. The van der Waals surface area contributed by atoms with E-state index in [4.69, 9.17) is 10.6 Å². The third-order valence-corrected chi connectivity index (χ3v) is 6.12. The standard InChI is InChI=1S/C22H25N5O2S/c1-14-8-11-18(15(2)12-14)29-13-19-25-26-22(27(19)23)30-20(16-6-4-3-5-7-16)21(28)24-17-9-10-17/h3-8,11-12,17,20H,9-10,13,23H2,1-2H3,(H,24,28)/t20-/m1/s1. The Balaban J connectivity index is 1.48. The van der Waals surface area contributed by atoms with Crippen molar-refractivity contribution in [3.8, 4) is 5.75 Å². The van der Waals surface area contributed by atoms with Gasteiger partial charge in [0.05, 0.1) is 0 Å². The van der Waals surface area contributed by atoms with E-state index in [1.165, 1.54) is 22.0 Å². The Morgan fingerprint density at radius 2 is 2.00 bits per heavy atom. The Labute approximate surface area is 180 Å². The summed E-state index contributed by atoms with van der Waals surface area (Å²) in [7, 11) is 0. The topological polar surface area (TPSA) is 95.1 Å². The summed E-state index contributed by atoms with van der Waals surface area (Å²) in [4.78, 5) is 12.8. The number of thioether (sulfide) groups is 1. The van der Waals surface area contributed by atoms with Crippen molar-refractivity contribution in [1.82, 2.24) is 20.2 Å². The average molecular weight is 424 g/mol. The molecule has 0 spiro atoms. The quantitative estimate of drug-likeness (QED) is 0.426. The van der Waals surface area contributed by atoms with Crippen LogP contribution < -0.4 is 15.9 Å². The number of carbonyl (C=O) groups excluding carboxylic acids is 1. The smallest absolute Gasteiger partial charge is 0.238 e. The van der Waals surface area contributed by atoms with Gasteiger partial charge >= 0.3 is 0 Å². The summed E-state index contributed by atoms with van der Waals surface area (Å²) in [6.07, 6.45) is 2.07. The van der Waals surface area contributed by atoms with Gasteiger partial charge in [-0.1, -0.05) is 59.8 Å². The van der Waals surface area contributed by atoms with Crippen molar-refractivity contribution in [1.29, 1.82) is 0 Å². The molecule has 2 aromatic carbocycles. The normalized spacial score (nSPS) is 14.3. The molecule has 1 aliphatic carbocycles. The molecule has 4 rings (SSSR count). The minimum Gasteiger partial charge on any atom is -0.485 e. The molecular weight excluding hydrogens is 398 g/mol. The lowest BCUT2D eigenvalue weighted by Crippen LogP contribution is -2.30. The summed E-state index contributed by atoms with van der Waals surface area (Å²) in [5.41, 5.74) is 3.13. The molecule has 8 heteroatoms. The molecule has 1 saturated carbocycles. The fourth-order valence-corrected chi connectivity index (χ4v) is 4.09. The fraction of sp³-hybridized carbons (Fsp3) is 0.318. The molecule has 1 atom stereocenters. The van der Waals surface area contributed by atoms with Crippen molar-refractivity contribution in [2.45, 2.75) is 49.7 Å². The van der Waals surface area contributed by atoms with Crippen LogP contribution in [0.2, 0.25) is 0 Å². The second-order valence-corrected chi connectivity index (χ2v) is 8.59. The first kappa shape index (κ1) is 20.3. The van der Waals surface area contributed by atoms with Crippen LogP contribution in [-0.2, 0) is 11.4 Å². The molecule has 0 bridgehead atoms. The number of hydrogen-bond donors (Lipinski definition) is 2. The summed E-state index contributed by atoms with van der Waals surface area (Å²) >= 11 is 1.29. The highest BCUT2D eigenvalue weighted by Gasteiger charge is 2.30. The van der Waals surface area contributed by atoms with Crippen molar-refractivity contribution < 1.29 is 9.53 Å². The first-order valence-corrected chi connectivity index (χ1v) is 10.8. The lowest BCUT2D eigenvalue weighted by atomic mass is 10.1. The summed E-state index contributed by atoms with van der Waals surface area (Å²) in [5.74, 6) is 7.47. The number of nitrogens with two attached hydrogens (primary N) is 1. The van der Waals surface area contributed by atoms with Crippen LogP contribution in [-0.4, -0.2) is 26.8 Å². The zero-order chi connectivity index (χ0) is 21.1. The Hall–Kier alpha value is -3.00. The minimum atomic E-state index is -0.452. The molecular formula is C22H25N5O2S.